The number of hydrogen-bond acceptors (Lipinski definition) is 3. The molecule has 0 bridgehead atoms. The molecule has 13 heavy (non-hydrogen) atoms. The lowest BCUT2D eigenvalue weighted by atomic mass is 10.3. The van der Waals surface area contributed by atoms with Gasteiger partial charge in [-0.2, -0.15) is 12.7 Å². The van der Waals surface area contributed by atoms with Gasteiger partial charge in [0, 0.05) is 19.6 Å². The first-order chi connectivity index (χ1) is 5.95. The smallest absolute Gasteiger partial charge is 0.276 e. The average Bonchev–Trinajstić information content (AvgIpc) is 2.48. The van der Waals surface area contributed by atoms with Crippen LogP contribution in [0.2, 0.25) is 0 Å². The highest BCUT2D eigenvalue weighted by atomic mass is 32.2. The number of likely N-dealkylation sites (tertiary alicyclic amines) is 1. The summed E-state index contributed by atoms with van der Waals surface area (Å²) in [7, 11) is -1.97. The Morgan fingerprint density at radius 2 is 2.23 bits per heavy atom. The van der Waals surface area contributed by atoms with Crippen LogP contribution in [-0.4, -0.2) is 50.3 Å². The second-order valence-electron chi connectivity index (χ2n) is 3.40. The Morgan fingerprint density at radius 1 is 1.62 bits per heavy atom. The maximum atomic E-state index is 11.0. The van der Waals surface area contributed by atoms with Crippen LogP contribution in [0.5, 0.6) is 0 Å². The molecule has 1 atom stereocenters. The Morgan fingerprint density at radius 3 is 2.62 bits per heavy atom. The molecule has 0 aromatic rings. The first-order valence-electron chi connectivity index (χ1n) is 4.43. The van der Waals surface area contributed by atoms with Crippen LogP contribution < -0.4 is 5.14 Å². The van der Waals surface area contributed by atoms with Gasteiger partial charge in [0.05, 0.1) is 0 Å². The van der Waals surface area contributed by atoms with Gasteiger partial charge in [0.25, 0.3) is 10.2 Å². The second kappa shape index (κ2) is 3.91. The Balaban J connectivity index is 2.56. The zero-order valence-electron chi connectivity index (χ0n) is 8.10. The van der Waals surface area contributed by atoms with Crippen LogP contribution in [-0.2, 0) is 10.2 Å². The number of rotatable bonds is 3. The number of nitrogens with two attached hydrogens (primary N) is 1. The molecule has 0 spiro atoms. The van der Waals surface area contributed by atoms with E-state index in [2.05, 4.69) is 11.8 Å². The molecule has 1 aliphatic heterocycles. The molecule has 1 saturated heterocycles. The summed E-state index contributed by atoms with van der Waals surface area (Å²) in [6.45, 7) is 4.79. The van der Waals surface area contributed by atoms with Gasteiger partial charge in [-0.15, -0.1) is 0 Å². The number of hydrogen-bond donors (Lipinski definition) is 1. The lowest BCUT2D eigenvalue weighted by molar-refractivity contribution is 0.317. The highest BCUT2D eigenvalue weighted by Gasteiger charge is 2.29. The Kier molecular flexibility index (Phi) is 3.28. The molecule has 0 amide bonds. The second-order valence-corrected chi connectivity index (χ2v) is 5.00. The van der Waals surface area contributed by atoms with E-state index < -0.39 is 10.2 Å². The van der Waals surface area contributed by atoms with Crippen molar-refractivity contribution in [2.45, 2.75) is 19.4 Å². The van der Waals surface area contributed by atoms with Gasteiger partial charge in [0.2, 0.25) is 0 Å². The van der Waals surface area contributed by atoms with Gasteiger partial charge in [0.1, 0.15) is 0 Å². The third-order valence-electron chi connectivity index (χ3n) is 2.61. The molecule has 5 nitrogen and oxygen atoms in total. The molecule has 0 radical (unpaired) electrons. The van der Waals surface area contributed by atoms with Crippen LogP contribution in [0, 0.1) is 0 Å². The van der Waals surface area contributed by atoms with Gasteiger partial charge in [-0.3, -0.25) is 0 Å². The summed E-state index contributed by atoms with van der Waals surface area (Å²) >= 11 is 0. The van der Waals surface area contributed by atoms with E-state index in [1.54, 1.807) is 7.05 Å². The predicted octanol–water partition coefficient (Wildman–Crippen LogP) is -0.784. The zero-order chi connectivity index (χ0) is 10.1. The molecular weight excluding hydrogens is 190 g/mol. The first kappa shape index (κ1) is 10.9. The molecule has 0 aromatic heterocycles. The standard InChI is InChI=1S/C7H17N3O2S/c1-3-10-5-4-7(6-10)9(2)13(8,11)12/h7H,3-6H2,1-2H3,(H2,8,11,12). The van der Waals surface area contributed by atoms with E-state index in [1.165, 1.54) is 4.31 Å². The van der Waals surface area contributed by atoms with Crippen LogP contribution >= 0.6 is 0 Å². The molecule has 1 fully saturated rings. The van der Waals surface area contributed by atoms with Crippen LogP contribution in [0.15, 0.2) is 0 Å². The molecule has 2 N–H and O–H groups in total. The third-order valence-corrected chi connectivity index (χ3v) is 3.71. The highest BCUT2D eigenvalue weighted by Crippen LogP contribution is 2.14. The monoisotopic (exact) mass is 207 g/mol. The Labute approximate surface area is 79.7 Å². The Hall–Kier alpha value is -0.170. The van der Waals surface area contributed by atoms with Crippen molar-refractivity contribution in [3.8, 4) is 0 Å². The maximum absolute atomic E-state index is 11.0. The summed E-state index contributed by atoms with van der Waals surface area (Å²) in [5, 5.41) is 5.03. The minimum atomic E-state index is -3.51. The fourth-order valence-corrected chi connectivity index (χ4v) is 2.19. The minimum Gasteiger partial charge on any atom is -0.302 e. The molecular formula is C7H17N3O2S. The summed E-state index contributed by atoms with van der Waals surface area (Å²) in [6, 6.07) is 0.0509. The SMILES string of the molecule is CCN1CCC(N(C)S(N)(=O)=O)C1. The quantitative estimate of drug-likeness (QED) is 0.660. The van der Waals surface area contributed by atoms with Crippen molar-refractivity contribution in [1.82, 2.24) is 9.21 Å². The molecule has 1 heterocycles. The summed E-state index contributed by atoms with van der Waals surface area (Å²) < 4.78 is 23.3. The molecule has 6 heteroatoms. The molecule has 1 rings (SSSR count). The lowest BCUT2D eigenvalue weighted by Gasteiger charge is -2.21. The van der Waals surface area contributed by atoms with E-state index in [0.717, 1.165) is 26.1 Å². The number of nitrogens with zero attached hydrogens (tertiary/aromatic N) is 2. The van der Waals surface area contributed by atoms with Crippen molar-refractivity contribution in [3.63, 3.8) is 0 Å². The van der Waals surface area contributed by atoms with Crippen molar-refractivity contribution < 1.29 is 8.42 Å². The van der Waals surface area contributed by atoms with E-state index in [9.17, 15) is 8.42 Å². The molecule has 0 aliphatic carbocycles. The highest BCUT2D eigenvalue weighted by molar-refractivity contribution is 7.86. The van der Waals surface area contributed by atoms with Crippen LogP contribution in [0.1, 0.15) is 13.3 Å². The van der Waals surface area contributed by atoms with E-state index in [0.29, 0.717) is 0 Å². The third kappa shape index (κ3) is 2.63. The summed E-state index contributed by atoms with van der Waals surface area (Å²) in [4.78, 5) is 2.21. The van der Waals surface area contributed by atoms with Crippen molar-refractivity contribution >= 4 is 10.2 Å². The predicted molar refractivity (Wildman–Crippen MR) is 51.4 cm³/mol. The van der Waals surface area contributed by atoms with Gasteiger partial charge in [-0.05, 0) is 19.5 Å². The summed E-state index contributed by atoms with van der Waals surface area (Å²) in [6.07, 6.45) is 0.876. The van der Waals surface area contributed by atoms with E-state index in [4.69, 9.17) is 5.14 Å². The fourth-order valence-electron chi connectivity index (χ4n) is 1.60. The summed E-state index contributed by atoms with van der Waals surface area (Å²) in [5.41, 5.74) is 0. The molecule has 78 valence electrons. The van der Waals surface area contributed by atoms with Gasteiger partial charge in [-0.1, -0.05) is 6.92 Å². The summed E-state index contributed by atoms with van der Waals surface area (Å²) in [5.74, 6) is 0. The van der Waals surface area contributed by atoms with E-state index in [1.807, 2.05) is 0 Å². The van der Waals surface area contributed by atoms with Gasteiger partial charge < -0.3 is 4.90 Å². The van der Waals surface area contributed by atoms with E-state index in [-0.39, 0.29) is 6.04 Å². The minimum absolute atomic E-state index is 0.0509. The van der Waals surface area contributed by atoms with Crippen LogP contribution in [0.25, 0.3) is 0 Å². The van der Waals surface area contributed by atoms with Crippen molar-refractivity contribution in [1.29, 1.82) is 0 Å². The maximum Gasteiger partial charge on any atom is 0.276 e. The van der Waals surface area contributed by atoms with Crippen molar-refractivity contribution in [2.24, 2.45) is 5.14 Å². The lowest BCUT2D eigenvalue weighted by Crippen LogP contribution is -2.42. The van der Waals surface area contributed by atoms with Crippen molar-refractivity contribution in [2.75, 3.05) is 26.7 Å². The normalized spacial score (nSPS) is 25.7. The fraction of sp³-hybridized carbons (Fsp3) is 1.00. The molecule has 1 unspecified atom stereocenters. The van der Waals surface area contributed by atoms with Gasteiger partial charge in [-0.25, -0.2) is 5.14 Å². The largest absolute Gasteiger partial charge is 0.302 e. The van der Waals surface area contributed by atoms with Gasteiger partial charge >= 0.3 is 0 Å². The van der Waals surface area contributed by atoms with Crippen LogP contribution in [0.3, 0.4) is 0 Å². The van der Waals surface area contributed by atoms with Crippen molar-refractivity contribution in [3.05, 3.63) is 0 Å². The molecule has 1 aliphatic rings. The first-order valence-corrected chi connectivity index (χ1v) is 5.93. The van der Waals surface area contributed by atoms with Crippen LogP contribution in [0.4, 0.5) is 0 Å². The van der Waals surface area contributed by atoms with E-state index >= 15 is 0 Å². The average molecular weight is 207 g/mol. The number of likely N-dealkylation sites (N-methyl/N-ethyl adjacent to an activating group) is 2. The zero-order valence-corrected chi connectivity index (χ0v) is 8.92. The Bertz CT molecular complexity index is 265. The topological polar surface area (TPSA) is 66.6 Å². The molecule has 0 aromatic carbocycles. The van der Waals surface area contributed by atoms with Gasteiger partial charge in [0.15, 0.2) is 0 Å². The molecule has 0 saturated carbocycles.